The molecule has 308 valence electrons. The Labute approximate surface area is 381 Å². The van der Waals surface area contributed by atoms with Gasteiger partial charge in [-0.15, -0.1) is 0 Å². The van der Waals surface area contributed by atoms with Crippen LogP contribution in [0.1, 0.15) is 0 Å². The molecule has 5 heteroatoms. The summed E-state index contributed by atoms with van der Waals surface area (Å²) in [6, 6.07) is 97.7. The molecule has 0 saturated carbocycles. The molecule has 0 aliphatic rings. The number of para-hydroxylation sites is 3. The van der Waals surface area contributed by atoms with Crippen molar-refractivity contribution in [3.05, 3.63) is 267 Å². The number of fused-ring (bicyclic) bond motifs is 6. The summed E-state index contributed by atoms with van der Waals surface area (Å²) < 4.78 is 13.5. The Hall–Kier alpha value is -7.81. The van der Waals surface area contributed by atoms with Crippen molar-refractivity contribution >= 4 is 91.4 Å². The third-order valence-electron chi connectivity index (χ3n) is 13.2. The smallest absolute Gasteiger partial charge is 0.278 e. The van der Waals surface area contributed by atoms with Gasteiger partial charge < -0.3 is 13.2 Å². The molecule has 3 nitrogen and oxygen atoms in total. The molecule has 2 heterocycles. The minimum atomic E-state index is -3.44. The van der Waals surface area contributed by atoms with Gasteiger partial charge in [0, 0.05) is 32.9 Å². The monoisotopic (exact) mass is 864 g/mol. The Morgan fingerprint density at radius 3 is 0.954 bits per heavy atom. The van der Waals surface area contributed by atoms with Gasteiger partial charge in [0.05, 0.1) is 22.1 Å². The molecule has 0 saturated heterocycles. The highest BCUT2D eigenvalue weighted by atomic mass is 28.4. The van der Waals surface area contributed by atoms with Crippen LogP contribution in [0.2, 0.25) is 0 Å². The van der Waals surface area contributed by atoms with Gasteiger partial charge in [-0.2, -0.15) is 0 Å². The lowest BCUT2D eigenvalue weighted by atomic mass is 10.1. The average molecular weight is 865 g/mol. The quantitative estimate of drug-likeness (QED) is 0.0990. The van der Waals surface area contributed by atoms with Crippen LogP contribution in [0.3, 0.4) is 0 Å². The highest BCUT2D eigenvalue weighted by molar-refractivity contribution is 7.18. The Balaban J connectivity index is 1.13. The van der Waals surface area contributed by atoms with Crippen molar-refractivity contribution in [2.75, 3.05) is 0 Å². The van der Waals surface area contributed by atoms with Crippen LogP contribution in [-0.2, 0) is 4.12 Å². The fourth-order valence-corrected chi connectivity index (χ4v) is 21.0. The zero-order chi connectivity index (χ0) is 43.2. The highest BCUT2D eigenvalue weighted by Gasteiger charge is 2.53. The van der Waals surface area contributed by atoms with E-state index < -0.39 is 16.6 Å². The predicted octanol–water partition coefficient (Wildman–Crippen LogP) is 10.5. The van der Waals surface area contributed by atoms with E-state index in [1.807, 2.05) is 0 Å². The lowest BCUT2D eigenvalue weighted by Crippen LogP contribution is -2.81. The van der Waals surface area contributed by atoms with E-state index in [4.69, 9.17) is 4.12 Å². The van der Waals surface area contributed by atoms with Gasteiger partial charge in [-0.3, -0.25) is 0 Å². The summed E-state index contributed by atoms with van der Waals surface area (Å²) >= 11 is 0. The molecule has 12 aromatic rings. The van der Waals surface area contributed by atoms with E-state index in [1.54, 1.807) is 0 Å². The Morgan fingerprint density at radius 2 is 0.538 bits per heavy atom. The second-order valence-corrected chi connectivity index (χ2v) is 23.8. The highest BCUT2D eigenvalue weighted by Crippen LogP contribution is 2.37. The minimum absolute atomic E-state index is 1.09. The molecule has 65 heavy (non-hydrogen) atoms. The number of rotatable bonds is 10. The molecule has 0 aliphatic heterocycles. The van der Waals surface area contributed by atoms with Crippen LogP contribution in [0, 0.1) is 0 Å². The SMILES string of the molecule is c1ccc([Si](O[Si](c2ccccc2)(c2ccccc2)c2cccc(-n3c4ccccc4c4cc(-n5c6ccccc6c6ccccc65)ccc43)c2)(c2ccccc2)c2ccccc2)cc1. The van der Waals surface area contributed by atoms with Crippen molar-refractivity contribution in [1.82, 2.24) is 9.13 Å². The van der Waals surface area contributed by atoms with E-state index in [9.17, 15) is 0 Å². The lowest BCUT2D eigenvalue weighted by molar-refractivity contribution is 0.600. The van der Waals surface area contributed by atoms with E-state index in [0.29, 0.717) is 0 Å². The second-order valence-electron chi connectivity index (χ2n) is 16.8. The van der Waals surface area contributed by atoms with E-state index in [2.05, 4.69) is 276 Å². The largest absolute Gasteiger partial charge is 0.435 e. The van der Waals surface area contributed by atoms with E-state index in [0.717, 1.165) is 22.4 Å². The maximum atomic E-state index is 8.68. The van der Waals surface area contributed by atoms with Gasteiger partial charge in [-0.1, -0.05) is 218 Å². The summed E-state index contributed by atoms with van der Waals surface area (Å²) in [6.07, 6.45) is 0. The molecule has 0 bridgehead atoms. The Morgan fingerprint density at radius 1 is 0.231 bits per heavy atom. The molecule has 12 rings (SSSR count). The minimum Gasteiger partial charge on any atom is -0.435 e. The second kappa shape index (κ2) is 16.1. The zero-order valence-corrected chi connectivity index (χ0v) is 37.7. The number of hydrogen-bond acceptors (Lipinski definition) is 1. The summed E-state index contributed by atoms with van der Waals surface area (Å²) in [6.45, 7) is 0. The van der Waals surface area contributed by atoms with Crippen LogP contribution in [0.5, 0.6) is 0 Å². The maximum absolute atomic E-state index is 8.68. The average Bonchev–Trinajstić information content (AvgIpc) is 3.91. The van der Waals surface area contributed by atoms with Gasteiger partial charge in [0.15, 0.2) is 0 Å². The third kappa shape index (κ3) is 6.27. The molecule has 0 aliphatic carbocycles. The number of benzene rings is 10. The zero-order valence-electron chi connectivity index (χ0n) is 35.7. The van der Waals surface area contributed by atoms with Crippen molar-refractivity contribution < 1.29 is 4.12 Å². The molecule has 2 aromatic heterocycles. The third-order valence-corrected chi connectivity index (χ3v) is 22.5. The first kappa shape index (κ1) is 38.8. The fraction of sp³-hybridized carbons (Fsp3) is 0. The fourth-order valence-electron chi connectivity index (χ4n) is 10.4. The molecule has 0 fully saturated rings. The standard InChI is InChI=1S/C60H44N2OSi2/c1-6-24-47(25-7-1)64(48-26-8-2-9-27-48,49-28-10-3-11-29-49)63-65(50-30-12-4-13-31-50,51-32-14-5-15-33-51)52-34-22-23-45(43-52)61-59-40-21-18-37-55(59)56-44-46(41-42-60(56)61)62-57-38-19-16-35-53(57)54-36-17-20-39-58(54)62/h1-44H. The summed E-state index contributed by atoms with van der Waals surface area (Å²) in [5.74, 6) is 0. The van der Waals surface area contributed by atoms with Gasteiger partial charge >= 0.3 is 0 Å². The topological polar surface area (TPSA) is 19.1 Å². The van der Waals surface area contributed by atoms with Crippen molar-refractivity contribution in [3.8, 4) is 11.4 Å². The summed E-state index contributed by atoms with van der Waals surface area (Å²) in [5.41, 5.74) is 6.96. The van der Waals surface area contributed by atoms with Gasteiger partial charge in [-0.25, -0.2) is 0 Å². The van der Waals surface area contributed by atoms with Crippen LogP contribution in [0.15, 0.2) is 267 Å². The first-order chi connectivity index (χ1) is 32.2. The van der Waals surface area contributed by atoms with Crippen molar-refractivity contribution in [1.29, 1.82) is 0 Å². The summed E-state index contributed by atoms with van der Waals surface area (Å²) in [7, 11) is -6.74. The molecule has 10 aromatic carbocycles. The van der Waals surface area contributed by atoms with Crippen LogP contribution < -0.4 is 31.1 Å². The number of aromatic nitrogens is 2. The molecular weight excluding hydrogens is 821 g/mol. The number of hydrogen-bond donors (Lipinski definition) is 0. The maximum Gasteiger partial charge on any atom is 0.278 e. The summed E-state index contributed by atoms with van der Waals surface area (Å²) in [5, 5.41) is 12.1. The van der Waals surface area contributed by atoms with Crippen LogP contribution in [-0.4, -0.2) is 25.8 Å². The van der Waals surface area contributed by atoms with Gasteiger partial charge in [0.2, 0.25) is 0 Å². The first-order valence-electron chi connectivity index (χ1n) is 22.3. The molecule has 0 N–H and O–H groups in total. The van der Waals surface area contributed by atoms with Crippen LogP contribution >= 0.6 is 0 Å². The number of nitrogens with zero attached hydrogens (tertiary/aromatic N) is 2. The van der Waals surface area contributed by atoms with Crippen LogP contribution in [0.4, 0.5) is 0 Å². The Bertz CT molecular complexity index is 3440. The molecule has 0 amide bonds. The molecular formula is C60H44N2OSi2. The molecule has 0 spiro atoms. The molecule has 0 atom stereocenters. The first-order valence-corrected chi connectivity index (χ1v) is 26.2. The van der Waals surface area contributed by atoms with E-state index in [-0.39, 0.29) is 0 Å². The van der Waals surface area contributed by atoms with Gasteiger partial charge in [0.25, 0.3) is 16.6 Å². The lowest BCUT2D eigenvalue weighted by Gasteiger charge is -2.44. The van der Waals surface area contributed by atoms with E-state index >= 15 is 0 Å². The normalized spacial score (nSPS) is 12.1. The van der Waals surface area contributed by atoms with Crippen molar-refractivity contribution in [2.24, 2.45) is 0 Å². The van der Waals surface area contributed by atoms with Crippen LogP contribution in [0.25, 0.3) is 55.0 Å². The predicted molar refractivity (Wildman–Crippen MR) is 278 cm³/mol. The van der Waals surface area contributed by atoms with Crippen molar-refractivity contribution in [3.63, 3.8) is 0 Å². The van der Waals surface area contributed by atoms with Gasteiger partial charge in [0.1, 0.15) is 0 Å². The summed E-state index contributed by atoms with van der Waals surface area (Å²) in [4.78, 5) is 0. The van der Waals surface area contributed by atoms with Crippen molar-refractivity contribution in [2.45, 2.75) is 0 Å². The van der Waals surface area contributed by atoms with Gasteiger partial charge in [-0.05, 0) is 79.7 Å². The molecule has 0 radical (unpaired) electrons. The Kier molecular flexibility index (Phi) is 9.60. The van der Waals surface area contributed by atoms with E-state index in [1.165, 1.54) is 63.7 Å². The molecule has 0 unspecified atom stereocenters.